The second kappa shape index (κ2) is 2.65. The third kappa shape index (κ3) is 1.24. The van der Waals surface area contributed by atoms with Gasteiger partial charge in [0.2, 0.25) is 0 Å². The van der Waals surface area contributed by atoms with Gasteiger partial charge in [-0.15, -0.1) is 0 Å². The zero-order chi connectivity index (χ0) is 7.56. The van der Waals surface area contributed by atoms with E-state index in [4.69, 9.17) is 0 Å². The number of pyridine rings is 1. The van der Waals surface area contributed by atoms with Crippen LogP contribution in [0.3, 0.4) is 0 Å². The van der Waals surface area contributed by atoms with E-state index in [0.717, 1.165) is 16.3 Å². The molecule has 1 heterocycles. The number of aromatic nitrogens is 1. The Kier molecular flexibility index (Phi) is 1.86. The standard InChI is InChI=1S/C9H11N/c1-4-9-6-5-7(2)10-8(9)3/h4-6H,3H2,1-2H3/b9-4-. The van der Waals surface area contributed by atoms with Gasteiger partial charge in [0.1, 0.15) is 0 Å². The lowest BCUT2D eigenvalue weighted by Gasteiger charge is -1.89. The molecule has 1 heteroatoms. The van der Waals surface area contributed by atoms with Crippen LogP contribution in [0.2, 0.25) is 0 Å². The first-order valence-electron chi connectivity index (χ1n) is 3.33. The van der Waals surface area contributed by atoms with Crippen molar-refractivity contribution in [3.63, 3.8) is 0 Å². The lowest BCUT2D eigenvalue weighted by molar-refractivity contribution is 1.14. The van der Waals surface area contributed by atoms with Crippen LogP contribution in [0.25, 0.3) is 12.7 Å². The summed E-state index contributed by atoms with van der Waals surface area (Å²) < 4.78 is 0. The Labute approximate surface area is 60.7 Å². The Hall–Kier alpha value is -1.11. The van der Waals surface area contributed by atoms with E-state index < -0.39 is 0 Å². The van der Waals surface area contributed by atoms with E-state index in [1.165, 1.54) is 0 Å². The monoisotopic (exact) mass is 133 g/mol. The lowest BCUT2D eigenvalue weighted by atomic mass is 10.3. The summed E-state index contributed by atoms with van der Waals surface area (Å²) in [6.45, 7) is 7.76. The first kappa shape index (κ1) is 7.00. The summed E-state index contributed by atoms with van der Waals surface area (Å²) in [7, 11) is 0. The molecule has 0 aliphatic carbocycles. The van der Waals surface area contributed by atoms with Gasteiger partial charge in [0.15, 0.2) is 0 Å². The molecule has 1 rings (SSSR count). The van der Waals surface area contributed by atoms with Gasteiger partial charge >= 0.3 is 0 Å². The topological polar surface area (TPSA) is 12.9 Å². The summed E-state index contributed by atoms with van der Waals surface area (Å²) in [5, 5.41) is 1.98. The van der Waals surface area contributed by atoms with Crippen LogP contribution < -0.4 is 10.6 Å². The average molecular weight is 133 g/mol. The molecule has 0 saturated heterocycles. The molecule has 0 spiro atoms. The normalized spacial score (nSPS) is 12.0. The Balaban J connectivity index is 3.50. The fourth-order valence-corrected chi connectivity index (χ4v) is 0.884. The summed E-state index contributed by atoms with van der Waals surface area (Å²) in [5.74, 6) is 0. The van der Waals surface area contributed by atoms with Crippen LogP contribution in [0.5, 0.6) is 0 Å². The molecule has 0 radical (unpaired) electrons. The predicted molar refractivity (Wildman–Crippen MR) is 43.9 cm³/mol. The minimum absolute atomic E-state index is 0.863. The number of nitrogens with zero attached hydrogens (tertiary/aromatic N) is 1. The van der Waals surface area contributed by atoms with Gasteiger partial charge in [-0.2, -0.15) is 0 Å². The Morgan fingerprint density at radius 1 is 1.50 bits per heavy atom. The van der Waals surface area contributed by atoms with E-state index in [0.29, 0.717) is 0 Å². The van der Waals surface area contributed by atoms with Gasteiger partial charge in [-0.25, -0.2) is 0 Å². The smallest absolute Gasteiger partial charge is 0.0630 e. The molecule has 0 bridgehead atoms. The summed E-state index contributed by atoms with van der Waals surface area (Å²) in [6.07, 6.45) is 2.01. The predicted octanol–water partition coefficient (Wildman–Crippen LogP) is 0.601. The van der Waals surface area contributed by atoms with Crippen LogP contribution in [0.4, 0.5) is 0 Å². The van der Waals surface area contributed by atoms with E-state index in [-0.39, 0.29) is 0 Å². The number of rotatable bonds is 0. The maximum absolute atomic E-state index is 4.20. The van der Waals surface area contributed by atoms with Crippen molar-refractivity contribution in [1.29, 1.82) is 0 Å². The van der Waals surface area contributed by atoms with Crippen molar-refractivity contribution in [3.05, 3.63) is 28.4 Å². The van der Waals surface area contributed by atoms with Gasteiger partial charge in [-0.1, -0.05) is 18.7 Å². The highest BCUT2D eigenvalue weighted by Gasteiger charge is 1.83. The quantitative estimate of drug-likeness (QED) is 0.505. The van der Waals surface area contributed by atoms with Crippen molar-refractivity contribution in [3.8, 4) is 0 Å². The lowest BCUT2D eigenvalue weighted by Crippen LogP contribution is -2.26. The van der Waals surface area contributed by atoms with E-state index in [9.17, 15) is 0 Å². The Bertz CT molecular complexity index is 325. The number of aryl methyl sites for hydroxylation is 1. The maximum Gasteiger partial charge on any atom is 0.0630 e. The first-order valence-corrected chi connectivity index (χ1v) is 3.33. The molecule has 10 heavy (non-hydrogen) atoms. The molecular weight excluding hydrogens is 122 g/mol. The molecule has 0 unspecified atom stereocenters. The third-order valence-electron chi connectivity index (χ3n) is 1.46. The van der Waals surface area contributed by atoms with E-state index in [2.05, 4.69) is 11.6 Å². The van der Waals surface area contributed by atoms with Crippen LogP contribution in [0.15, 0.2) is 12.1 Å². The third-order valence-corrected chi connectivity index (χ3v) is 1.46. The van der Waals surface area contributed by atoms with Gasteiger partial charge < -0.3 is 0 Å². The van der Waals surface area contributed by atoms with Gasteiger partial charge in [0.25, 0.3) is 0 Å². The van der Waals surface area contributed by atoms with Crippen molar-refractivity contribution in [1.82, 2.24) is 4.98 Å². The van der Waals surface area contributed by atoms with Crippen LogP contribution in [-0.4, -0.2) is 4.98 Å². The van der Waals surface area contributed by atoms with Gasteiger partial charge in [0, 0.05) is 5.69 Å². The highest BCUT2D eigenvalue weighted by atomic mass is 14.7. The molecule has 1 aromatic heterocycles. The molecule has 1 nitrogen and oxygen atoms in total. The molecule has 0 saturated carbocycles. The fourth-order valence-electron chi connectivity index (χ4n) is 0.884. The average Bonchev–Trinajstić information content (AvgIpc) is 1.88. The van der Waals surface area contributed by atoms with Crippen molar-refractivity contribution < 1.29 is 0 Å². The second-order valence-electron chi connectivity index (χ2n) is 2.28. The SMILES string of the molecule is C=c1nc(C)cc/c1=C/C. The zero-order valence-electron chi connectivity index (χ0n) is 6.39. The van der Waals surface area contributed by atoms with Crippen LogP contribution in [0.1, 0.15) is 12.6 Å². The fraction of sp³-hybridized carbons (Fsp3) is 0.222. The Morgan fingerprint density at radius 2 is 2.20 bits per heavy atom. The van der Waals surface area contributed by atoms with Crippen LogP contribution >= 0.6 is 0 Å². The molecule has 0 atom stereocenters. The summed E-state index contributed by atoms with van der Waals surface area (Å²) >= 11 is 0. The van der Waals surface area contributed by atoms with E-state index in [1.54, 1.807) is 0 Å². The molecule has 0 amide bonds. The van der Waals surface area contributed by atoms with Crippen LogP contribution in [0, 0.1) is 6.92 Å². The van der Waals surface area contributed by atoms with Crippen molar-refractivity contribution in [2.45, 2.75) is 13.8 Å². The van der Waals surface area contributed by atoms with Crippen molar-refractivity contribution >= 4 is 12.7 Å². The molecule has 0 aliphatic heterocycles. The maximum atomic E-state index is 4.20. The zero-order valence-corrected chi connectivity index (χ0v) is 6.39. The molecular formula is C9H11N. The molecule has 0 aromatic carbocycles. The van der Waals surface area contributed by atoms with Gasteiger partial charge in [0.05, 0.1) is 5.35 Å². The number of hydrogen-bond acceptors (Lipinski definition) is 1. The van der Waals surface area contributed by atoms with E-state index in [1.807, 2.05) is 32.1 Å². The molecule has 52 valence electrons. The van der Waals surface area contributed by atoms with Crippen LogP contribution in [-0.2, 0) is 0 Å². The summed E-state index contributed by atoms with van der Waals surface area (Å²) in [5.41, 5.74) is 1.02. The molecule has 0 aliphatic rings. The molecule has 0 N–H and O–H groups in total. The number of hydrogen-bond donors (Lipinski definition) is 0. The largest absolute Gasteiger partial charge is 0.254 e. The minimum atomic E-state index is 0.863. The van der Waals surface area contributed by atoms with E-state index >= 15 is 0 Å². The van der Waals surface area contributed by atoms with Gasteiger partial charge in [-0.3, -0.25) is 4.98 Å². The minimum Gasteiger partial charge on any atom is -0.254 e. The Morgan fingerprint density at radius 3 is 2.70 bits per heavy atom. The first-order chi connectivity index (χ1) is 4.74. The highest BCUT2D eigenvalue weighted by Crippen LogP contribution is 1.79. The highest BCUT2D eigenvalue weighted by molar-refractivity contribution is 5.21. The van der Waals surface area contributed by atoms with Crippen molar-refractivity contribution in [2.24, 2.45) is 0 Å². The van der Waals surface area contributed by atoms with Gasteiger partial charge in [-0.05, 0) is 25.1 Å². The summed E-state index contributed by atoms with van der Waals surface area (Å²) in [6, 6.07) is 4.02. The molecule has 0 fully saturated rings. The molecule has 1 aromatic rings. The summed E-state index contributed by atoms with van der Waals surface area (Å²) in [4.78, 5) is 4.20. The second-order valence-corrected chi connectivity index (χ2v) is 2.28. The van der Waals surface area contributed by atoms with Crippen molar-refractivity contribution in [2.75, 3.05) is 0 Å².